The molecule has 2 saturated heterocycles. The van der Waals surface area contributed by atoms with Crippen LogP contribution in [0.3, 0.4) is 0 Å². The number of alkyl halides is 3. The van der Waals surface area contributed by atoms with Crippen molar-refractivity contribution < 1.29 is 36.3 Å². The third-order valence-corrected chi connectivity index (χ3v) is 5.00. The number of ether oxygens (including phenoxy) is 1. The molecule has 1 unspecified atom stereocenters. The second kappa shape index (κ2) is 7.70. The van der Waals surface area contributed by atoms with Crippen molar-refractivity contribution in [2.24, 2.45) is 5.92 Å². The molecule has 1 aromatic rings. The van der Waals surface area contributed by atoms with Gasteiger partial charge in [0.1, 0.15) is 22.7 Å². The molecule has 2 fully saturated rings. The summed E-state index contributed by atoms with van der Waals surface area (Å²) in [5.41, 5.74) is -0.270. The minimum atomic E-state index is -4.62. The molecule has 28 heavy (non-hydrogen) atoms. The van der Waals surface area contributed by atoms with Crippen LogP contribution in [0.1, 0.15) is 18.0 Å². The zero-order chi connectivity index (χ0) is 20.6. The summed E-state index contributed by atoms with van der Waals surface area (Å²) in [6, 6.07) is -0.983. The van der Waals surface area contributed by atoms with Crippen LogP contribution in [0.25, 0.3) is 0 Å². The van der Waals surface area contributed by atoms with Crippen molar-refractivity contribution in [1.29, 1.82) is 0 Å². The summed E-state index contributed by atoms with van der Waals surface area (Å²) < 4.78 is 71.6. The minimum Gasteiger partial charge on any atom is -0.368 e. The maximum absolute atomic E-state index is 14.5. The number of benzene rings is 1. The first-order valence-electron chi connectivity index (χ1n) is 8.24. The van der Waals surface area contributed by atoms with Gasteiger partial charge in [-0.1, -0.05) is 17.7 Å². The van der Waals surface area contributed by atoms with E-state index in [-0.39, 0.29) is 12.1 Å². The van der Waals surface area contributed by atoms with Crippen LogP contribution in [0, 0.1) is 17.6 Å². The SMILES string of the molecule is O=C1NC[C@@H](C(=O)NC(c2ccc(F)c(Cl)c2F)[C@@H]2CO[C@H](C(F)(F)F)C2)N1. The van der Waals surface area contributed by atoms with Gasteiger partial charge in [0.25, 0.3) is 0 Å². The Hall–Kier alpha value is -2.14. The average Bonchev–Trinajstić information content (AvgIpc) is 3.27. The first kappa shape index (κ1) is 20.6. The van der Waals surface area contributed by atoms with Crippen molar-refractivity contribution in [2.45, 2.75) is 30.8 Å². The molecule has 2 aliphatic heterocycles. The first-order chi connectivity index (χ1) is 13.1. The number of halogens is 6. The lowest BCUT2D eigenvalue weighted by molar-refractivity contribution is -0.206. The molecule has 0 bridgehead atoms. The zero-order valence-electron chi connectivity index (χ0n) is 14.1. The molecule has 0 aliphatic carbocycles. The molecule has 1 aromatic carbocycles. The Kier molecular flexibility index (Phi) is 5.67. The van der Waals surface area contributed by atoms with E-state index >= 15 is 0 Å². The molecule has 154 valence electrons. The van der Waals surface area contributed by atoms with Crippen LogP contribution in [-0.2, 0) is 9.53 Å². The zero-order valence-corrected chi connectivity index (χ0v) is 14.8. The fourth-order valence-electron chi connectivity index (χ4n) is 3.21. The molecular formula is C16H15ClF5N3O3. The second-order valence-corrected chi connectivity index (χ2v) is 6.90. The number of rotatable bonds is 4. The van der Waals surface area contributed by atoms with Crippen molar-refractivity contribution in [2.75, 3.05) is 13.2 Å². The molecule has 12 heteroatoms. The van der Waals surface area contributed by atoms with Crippen LogP contribution in [0.2, 0.25) is 5.02 Å². The van der Waals surface area contributed by atoms with Gasteiger partial charge in [-0.2, -0.15) is 13.2 Å². The molecule has 2 aliphatic rings. The highest BCUT2D eigenvalue weighted by molar-refractivity contribution is 6.31. The number of hydrogen-bond acceptors (Lipinski definition) is 3. The molecule has 0 spiro atoms. The van der Waals surface area contributed by atoms with Crippen LogP contribution >= 0.6 is 11.6 Å². The maximum atomic E-state index is 14.5. The predicted octanol–water partition coefficient (Wildman–Crippen LogP) is 2.42. The molecule has 0 radical (unpaired) electrons. The van der Waals surface area contributed by atoms with Gasteiger partial charge in [-0.25, -0.2) is 13.6 Å². The van der Waals surface area contributed by atoms with E-state index in [1.165, 1.54) is 0 Å². The van der Waals surface area contributed by atoms with E-state index in [0.717, 1.165) is 12.1 Å². The summed E-state index contributed by atoms with van der Waals surface area (Å²) in [7, 11) is 0. The number of urea groups is 1. The highest BCUT2D eigenvalue weighted by Crippen LogP contribution is 2.40. The third kappa shape index (κ3) is 4.14. The Balaban J connectivity index is 1.88. The van der Waals surface area contributed by atoms with Gasteiger partial charge >= 0.3 is 12.2 Å². The molecule has 0 aromatic heterocycles. The van der Waals surface area contributed by atoms with Crippen LogP contribution < -0.4 is 16.0 Å². The van der Waals surface area contributed by atoms with Crippen LogP contribution in [0.4, 0.5) is 26.7 Å². The molecule has 0 saturated carbocycles. The Labute approximate surface area is 160 Å². The molecule has 3 amide bonds. The van der Waals surface area contributed by atoms with Crippen molar-refractivity contribution in [1.82, 2.24) is 16.0 Å². The van der Waals surface area contributed by atoms with E-state index in [2.05, 4.69) is 16.0 Å². The van der Waals surface area contributed by atoms with Crippen LogP contribution in [0.15, 0.2) is 12.1 Å². The van der Waals surface area contributed by atoms with Gasteiger partial charge in [0, 0.05) is 18.0 Å². The van der Waals surface area contributed by atoms with E-state index in [1.54, 1.807) is 0 Å². The van der Waals surface area contributed by atoms with Crippen molar-refractivity contribution >= 4 is 23.5 Å². The van der Waals surface area contributed by atoms with E-state index in [1.807, 2.05) is 0 Å². The summed E-state index contributed by atoms with van der Waals surface area (Å²) in [6.07, 6.45) is -7.21. The summed E-state index contributed by atoms with van der Waals surface area (Å²) in [5.74, 6) is -3.91. The molecule has 3 rings (SSSR count). The Morgan fingerprint density at radius 2 is 2.04 bits per heavy atom. The lowest BCUT2D eigenvalue weighted by Crippen LogP contribution is -2.46. The van der Waals surface area contributed by atoms with Crippen LogP contribution in [0.5, 0.6) is 0 Å². The quantitative estimate of drug-likeness (QED) is 0.510. The second-order valence-electron chi connectivity index (χ2n) is 6.52. The molecule has 3 N–H and O–H groups in total. The highest BCUT2D eigenvalue weighted by atomic mass is 35.5. The Bertz CT molecular complexity index is 792. The molecular weight excluding hydrogens is 413 g/mol. The predicted molar refractivity (Wildman–Crippen MR) is 86.5 cm³/mol. The minimum absolute atomic E-state index is 0.0453. The first-order valence-corrected chi connectivity index (χ1v) is 8.62. The number of nitrogens with one attached hydrogen (secondary N) is 3. The summed E-state index contributed by atoms with van der Waals surface area (Å²) >= 11 is 5.58. The van der Waals surface area contributed by atoms with E-state index in [4.69, 9.17) is 16.3 Å². The normalized spacial score (nSPS) is 25.9. The number of carbonyl (C=O) groups excluding carboxylic acids is 2. The standard InChI is InChI=1S/C16H15ClF5N3O3/c17-11-8(18)2-1-7(12(11)19)13(6-3-10(28-5-6)16(20,21)22)25-14(26)9-4-23-15(27)24-9/h1-2,6,9-10,13H,3-5H2,(H,25,26)(H2,23,24,27)/t6-,9-,10-,13?/m0/s1. The van der Waals surface area contributed by atoms with Gasteiger partial charge in [-0.05, 0) is 12.5 Å². The van der Waals surface area contributed by atoms with Gasteiger partial charge in [0.15, 0.2) is 6.10 Å². The average molecular weight is 428 g/mol. The van der Waals surface area contributed by atoms with Gasteiger partial charge in [-0.3, -0.25) is 4.79 Å². The van der Waals surface area contributed by atoms with E-state index in [0.29, 0.717) is 0 Å². The van der Waals surface area contributed by atoms with E-state index in [9.17, 15) is 31.5 Å². The van der Waals surface area contributed by atoms with E-state index < -0.39 is 71.9 Å². The van der Waals surface area contributed by atoms with Crippen LogP contribution in [-0.4, -0.2) is 43.4 Å². The Morgan fingerprint density at radius 3 is 2.61 bits per heavy atom. The van der Waals surface area contributed by atoms with Gasteiger partial charge in [0.05, 0.1) is 12.6 Å². The third-order valence-electron chi connectivity index (χ3n) is 4.65. The fourth-order valence-corrected chi connectivity index (χ4v) is 3.38. The highest BCUT2D eigenvalue weighted by Gasteiger charge is 2.48. The lowest BCUT2D eigenvalue weighted by Gasteiger charge is -2.26. The van der Waals surface area contributed by atoms with Gasteiger partial charge < -0.3 is 20.7 Å². The number of amides is 3. The maximum Gasteiger partial charge on any atom is 0.414 e. The number of hydrogen-bond donors (Lipinski definition) is 3. The van der Waals surface area contributed by atoms with Crippen molar-refractivity contribution in [3.63, 3.8) is 0 Å². The summed E-state index contributed by atoms with van der Waals surface area (Å²) in [5, 5.41) is 6.28. The molecule has 2 heterocycles. The number of carbonyl (C=O) groups is 2. The lowest BCUT2D eigenvalue weighted by atomic mass is 9.90. The van der Waals surface area contributed by atoms with Crippen molar-refractivity contribution in [3.8, 4) is 0 Å². The fraction of sp³-hybridized carbons (Fsp3) is 0.500. The van der Waals surface area contributed by atoms with Gasteiger partial charge in [-0.15, -0.1) is 0 Å². The molecule has 6 nitrogen and oxygen atoms in total. The Morgan fingerprint density at radius 1 is 1.32 bits per heavy atom. The van der Waals surface area contributed by atoms with Gasteiger partial charge in [0.2, 0.25) is 5.91 Å². The monoisotopic (exact) mass is 427 g/mol. The summed E-state index contributed by atoms with van der Waals surface area (Å²) in [4.78, 5) is 23.6. The molecule has 4 atom stereocenters. The smallest absolute Gasteiger partial charge is 0.368 e. The van der Waals surface area contributed by atoms with Crippen molar-refractivity contribution in [3.05, 3.63) is 34.4 Å². The largest absolute Gasteiger partial charge is 0.414 e. The summed E-state index contributed by atoms with van der Waals surface area (Å²) in [6.45, 7) is -0.449. The topological polar surface area (TPSA) is 79.5 Å².